The van der Waals surface area contributed by atoms with Crippen molar-refractivity contribution in [3.63, 3.8) is 0 Å². The molecule has 2 aromatic rings. The number of carbonyl (C=O) groups excluding carboxylic acids is 1. The largest absolute Gasteiger partial charge is 0.481 e. The van der Waals surface area contributed by atoms with Crippen molar-refractivity contribution in [2.24, 2.45) is 0 Å². The number of nitrogens with one attached hydrogen (secondary N) is 2. The number of carbonyl (C=O) groups is 2. The number of hydrogen-bond acceptors (Lipinski definition) is 8. The van der Waals surface area contributed by atoms with Crippen LogP contribution in [0.3, 0.4) is 0 Å². The lowest BCUT2D eigenvalue weighted by molar-refractivity contribution is -0.137. The highest BCUT2D eigenvalue weighted by molar-refractivity contribution is 6.78. The smallest absolute Gasteiger partial charge is 0.409 e. The van der Waals surface area contributed by atoms with Crippen LogP contribution in [0.4, 0.5) is 4.79 Å². The molecule has 0 bridgehead atoms. The summed E-state index contributed by atoms with van der Waals surface area (Å²) >= 11 is 0. The van der Waals surface area contributed by atoms with Crippen LogP contribution in [-0.4, -0.2) is 56.3 Å². The Kier molecular flexibility index (Phi) is 7.27. The van der Waals surface area contributed by atoms with Crippen LogP contribution in [0.5, 0.6) is 0 Å². The number of hydrogen-bond donors (Lipinski definition) is 3. The number of aliphatic carboxylic acids is 1. The Hall–Kier alpha value is -2.73. The Labute approximate surface area is 181 Å². The highest BCUT2D eigenvalue weighted by Crippen LogP contribution is 2.26. The molecule has 2 rings (SSSR count). The van der Waals surface area contributed by atoms with E-state index >= 15 is 0 Å². The fourth-order valence-corrected chi connectivity index (χ4v) is 3.43. The lowest BCUT2D eigenvalue weighted by Gasteiger charge is -2.41. The van der Waals surface area contributed by atoms with Crippen molar-refractivity contribution in [1.82, 2.24) is 25.4 Å². The normalized spacial score (nSPS) is 14.2. The van der Waals surface area contributed by atoms with Gasteiger partial charge in [0.2, 0.25) is 11.7 Å². The number of H-pyrrole nitrogens is 1. The number of imidazole rings is 1. The van der Waals surface area contributed by atoms with E-state index in [1.54, 1.807) is 20.8 Å². The van der Waals surface area contributed by atoms with Gasteiger partial charge in [0, 0.05) is 6.42 Å². The topological polar surface area (TPSA) is 152 Å². The number of nitrogens with zero attached hydrogens (tertiary/aromatic N) is 3. The quantitative estimate of drug-likeness (QED) is 0.384. The molecular formula is C19H31N5O6Si. The Morgan fingerprint density at radius 1 is 1.26 bits per heavy atom. The minimum atomic E-state index is -2.07. The van der Waals surface area contributed by atoms with Gasteiger partial charge in [-0.2, -0.15) is 4.98 Å². The summed E-state index contributed by atoms with van der Waals surface area (Å²) in [7, 11) is -2.07. The molecular weight excluding hydrogens is 422 g/mol. The molecule has 0 saturated heterocycles. The lowest BCUT2D eigenvalue weighted by atomic mass is 10.2. The zero-order chi connectivity index (χ0) is 23.4. The predicted molar refractivity (Wildman–Crippen MR) is 114 cm³/mol. The molecule has 0 aliphatic carbocycles. The molecule has 0 aromatic carbocycles. The maximum absolute atomic E-state index is 12.4. The van der Waals surface area contributed by atoms with E-state index in [0.717, 1.165) is 0 Å². The summed E-state index contributed by atoms with van der Waals surface area (Å²) in [6, 6.07) is 0. The zero-order valence-corrected chi connectivity index (χ0v) is 20.0. The van der Waals surface area contributed by atoms with Crippen molar-refractivity contribution in [1.29, 1.82) is 0 Å². The highest BCUT2D eigenvalue weighted by Gasteiger charge is 2.43. The van der Waals surface area contributed by atoms with Crippen molar-refractivity contribution in [2.75, 3.05) is 0 Å². The van der Waals surface area contributed by atoms with Crippen LogP contribution in [0.2, 0.25) is 19.6 Å². The molecule has 2 heterocycles. The lowest BCUT2D eigenvalue weighted by Crippen LogP contribution is -2.63. The molecule has 0 radical (unpaired) electrons. The summed E-state index contributed by atoms with van der Waals surface area (Å²) in [5.41, 5.74) is 0.402. The summed E-state index contributed by atoms with van der Waals surface area (Å²) in [6.07, 6.45) is 0.951. The maximum Gasteiger partial charge on any atom is 0.409 e. The summed E-state index contributed by atoms with van der Waals surface area (Å²) in [5, 5.41) is 14.6. The molecule has 1 amide bonds. The zero-order valence-electron chi connectivity index (χ0n) is 19.0. The van der Waals surface area contributed by atoms with Crippen LogP contribution in [0.25, 0.3) is 11.5 Å². The van der Waals surface area contributed by atoms with Crippen molar-refractivity contribution in [3.05, 3.63) is 17.9 Å². The number of aromatic nitrogens is 4. The molecule has 0 fully saturated rings. The predicted octanol–water partition coefficient (Wildman–Crippen LogP) is 3.11. The van der Waals surface area contributed by atoms with E-state index in [2.05, 4.69) is 45.1 Å². The van der Waals surface area contributed by atoms with Crippen LogP contribution < -0.4 is 5.32 Å². The van der Waals surface area contributed by atoms with Crippen LogP contribution in [0.15, 0.2) is 10.9 Å². The van der Waals surface area contributed by atoms with Crippen molar-refractivity contribution >= 4 is 20.1 Å². The standard InChI is InChI=1S/C19H31N5O6Si/c1-18(2,3)29-17(27)23-19(4,31(5,6)7)28-10-12-15(21-11-20-12)16-22-13(30-24-16)8-9-14(25)26/h11H,8-10H2,1-7H3,(H,20,21)(H,23,27)(H,25,26). The van der Waals surface area contributed by atoms with Gasteiger partial charge in [0.1, 0.15) is 24.7 Å². The van der Waals surface area contributed by atoms with E-state index in [-0.39, 0.29) is 31.2 Å². The third-order valence-corrected chi connectivity index (χ3v) is 7.76. The van der Waals surface area contributed by atoms with E-state index in [4.69, 9.17) is 19.1 Å². The highest BCUT2D eigenvalue weighted by atomic mass is 28.3. The molecule has 2 aromatic heterocycles. The summed E-state index contributed by atoms with van der Waals surface area (Å²) in [6.45, 7) is 13.6. The molecule has 0 aliphatic heterocycles. The van der Waals surface area contributed by atoms with Crippen LogP contribution in [-0.2, 0) is 27.3 Å². The number of ether oxygens (including phenoxy) is 2. The second-order valence-electron chi connectivity index (χ2n) is 9.33. The number of carboxylic acids is 1. The monoisotopic (exact) mass is 453 g/mol. The SMILES string of the molecule is CC(C)(C)OC(=O)NC(C)(OCc1[nH]cnc1-c1noc(CCC(=O)O)n1)[Si](C)(C)C. The van der Waals surface area contributed by atoms with Gasteiger partial charge in [-0.15, -0.1) is 0 Å². The number of amides is 1. The minimum absolute atomic E-state index is 0.102. The molecule has 1 unspecified atom stereocenters. The average Bonchev–Trinajstić information content (AvgIpc) is 3.24. The molecule has 0 spiro atoms. The van der Waals surface area contributed by atoms with Crippen LogP contribution in [0, 0.1) is 0 Å². The van der Waals surface area contributed by atoms with Crippen molar-refractivity contribution in [3.8, 4) is 11.5 Å². The van der Waals surface area contributed by atoms with Gasteiger partial charge in [-0.05, 0) is 27.7 Å². The van der Waals surface area contributed by atoms with Crippen molar-refractivity contribution < 1.29 is 28.7 Å². The van der Waals surface area contributed by atoms with Crippen LogP contribution >= 0.6 is 0 Å². The molecule has 172 valence electrons. The van der Waals surface area contributed by atoms with E-state index < -0.39 is 31.1 Å². The number of aromatic amines is 1. The van der Waals surface area contributed by atoms with Crippen molar-refractivity contribution in [2.45, 2.75) is 77.7 Å². The first-order valence-corrected chi connectivity index (χ1v) is 13.4. The molecule has 12 heteroatoms. The molecule has 0 aliphatic rings. The van der Waals surface area contributed by atoms with Gasteiger partial charge in [0.05, 0.1) is 25.0 Å². The average molecular weight is 454 g/mol. The number of aryl methyl sites for hydroxylation is 1. The van der Waals surface area contributed by atoms with E-state index in [1.807, 2.05) is 6.92 Å². The molecule has 11 nitrogen and oxygen atoms in total. The molecule has 31 heavy (non-hydrogen) atoms. The van der Waals surface area contributed by atoms with Gasteiger partial charge in [-0.25, -0.2) is 9.78 Å². The molecule has 3 N–H and O–H groups in total. The van der Waals surface area contributed by atoms with Gasteiger partial charge < -0.3 is 24.1 Å². The summed E-state index contributed by atoms with van der Waals surface area (Å²) < 4.78 is 16.7. The Balaban J connectivity index is 2.14. The van der Waals surface area contributed by atoms with E-state index in [9.17, 15) is 9.59 Å². The van der Waals surface area contributed by atoms with Gasteiger partial charge in [-0.1, -0.05) is 24.8 Å². The fourth-order valence-electron chi connectivity index (χ4n) is 2.45. The summed E-state index contributed by atoms with van der Waals surface area (Å²) in [4.78, 5) is 34.5. The molecule has 0 saturated carbocycles. The first kappa shape index (κ1) is 24.5. The number of rotatable bonds is 9. The summed E-state index contributed by atoms with van der Waals surface area (Å²) in [5.74, 6) is -0.502. The first-order chi connectivity index (χ1) is 14.2. The van der Waals surface area contributed by atoms with Crippen LogP contribution in [0.1, 0.15) is 45.7 Å². The van der Waals surface area contributed by atoms with Gasteiger partial charge >= 0.3 is 12.1 Å². The maximum atomic E-state index is 12.4. The third kappa shape index (κ3) is 6.89. The Morgan fingerprint density at radius 2 is 1.94 bits per heavy atom. The number of alkyl carbamates (subject to hydrolysis) is 1. The fraction of sp³-hybridized carbons (Fsp3) is 0.632. The van der Waals surface area contributed by atoms with E-state index in [1.165, 1.54) is 6.33 Å². The Bertz CT molecular complexity index is 914. The van der Waals surface area contributed by atoms with Gasteiger partial charge in [-0.3, -0.25) is 10.1 Å². The Morgan fingerprint density at radius 3 is 2.52 bits per heavy atom. The molecule has 1 atom stereocenters. The minimum Gasteiger partial charge on any atom is -0.481 e. The second kappa shape index (κ2) is 9.18. The third-order valence-electron chi connectivity index (χ3n) is 4.63. The van der Waals surface area contributed by atoms with Gasteiger partial charge in [0.15, 0.2) is 0 Å². The number of carboxylic acid groups (broad SMARTS) is 1. The van der Waals surface area contributed by atoms with E-state index in [0.29, 0.717) is 11.4 Å². The second-order valence-corrected chi connectivity index (χ2v) is 14.8. The van der Waals surface area contributed by atoms with Gasteiger partial charge in [0.25, 0.3) is 0 Å². The first-order valence-electron chi connectivity index (χ1n) is 9.92.